The van der Waals surface area contributed by atoms with Crippen LogP contribution in [0, 0.1) is 0 Å². The molecule has 0 unspecified atom stereocenters. The van der Waals surface area contributed by atoms with Crippen LogP contribution >= 0.6 is 0 Å². The lowest BCUT2D eigenvalue weighted by atomic mass is 10.1. The van der Waals surface area contributed by atoms with E-state index >= 15 is 0 Å². The largest absolute Gasteiger partial charge is 0.462 e. The maximum atomic E-state index is 12.7. The molecular formula is C27H44O4. The Morgan fingerprint density at radius 2 is 1.16 bits per heavy atom. The molecule has 0 aliphatic heterocycles. The minimum Gasteiger partial charge on any atom is -0.462 e. The second-order valence-electron chi connectivity index (χ2n) is 8.47. The van der Waals surface area contributed by atoms with E-state index in [-0.39, 0.29) is 6.10 Å². The van der Waals surface area contributed by atoms with Crippen molar-refractivity contribution in [2.24, 2.45) is 0 Å². The van der Waals surface area contributed by atoms with Gasteiger partial charge in [0.05, 0.1) is 17.7 Å². The van der Waals surface area contributed by atoms with Crippen LogP contribution in [0.5, 0.6) is 0 Å². The molecule has 0 aliphatic carbocycles. The lowest BCUT2D eigenvalue weighted by Gasteiger charge is -2.17. The third-order valence-electron chi connectivity index (χ3n) is 5.59. The Morgan fingerprint density at radius 3 is 1.68 bits per heavy atom. The van der Waals surface area contributed by atoms with Gasteiger partial charge in [0, 0.05) is 0 Å². The van der Waals surface area contributed by atoms with Crippen LogP contribution < -0.4 is 0 Å². The molecule has 4 heteroatoms. The molecular weight excluding hydrogens is 388 g/mol. The summed E-state index contributed by atoms with van der Waals surface area (Å²) in [7, 11) is 0. The Labute approximate surface area is 190 Å². The molecule has 31 heavy (non-hydrogen) atoms. The summed E-state index contributed by atoms with van der Waals surface area (Å²) in [5.74, 6) is -0.871. The average molecular weight is 433 g/mol. The number of benzene rings is 1. The summed E-state index contributed by atoms with van der Waals surface area (Å²) in [6.07, 6.45) is 15.9. The number of hydrogen-bond acceptors (Lipinski definition) is 4. The summed E-state index contributed by atoms with van der Waals surface area (Å²) in [6.45, 7) is 6.80. The molecule has 0 atom stereocenters. The van der Waals surface area contributed by atoms with E-state index in [9.17, 15) is 9.59 Å². The first kappa shape index (κ1) is 27.2. The second-order valence-corrected chi connectivity index (χ2v) is 8.47. The van der Waals surface area contributed by atoms with Gasteiger partial charge in [0.15, 0.2) is 0 Å². The fraction of sp³-hybridized carbons (Fsp3) is 0.704. The van der Waals surface area contributed by atoms with Gasteiger partial charge in [-0.3, -0.25) is 0 Å². The van der Waals surface area contributed by atoms with Crippen molar-refractivity contribution in [2.45, 2.75) is 117 Å². The van der Waals surface area contributed by atoms with Crippen LogP contribution in [0.3, 0.4) is 0 Å². The van der Waals surface area contributed by atoms with Crippen molar-refractivity contribution in [3.05, 3.63) is 35.4 Å². The number of hydrogen-bond donors (Lipinski definition) is 0. The molecule has 0 radical (unpaired) electrons. The van der Waals surface area contributed by atoms with Crippen molar-refractivity contribution in [1.82, 2.24) is 0 Å². The fourth-order valence-electron chi connectivity index (χ4n) is 3.79. The number of carbonyl (C=O) groups is 2. The molecule has 1 aromatic carbocycles. The van der Waals surface area contributed by atoms with Crippen molar-refractivity contribution in [2.75, 3.05) is 6.61 Å². The van der Waals surface area contributed by atoms with Gasteiger partial charge in [-0.2, -0.15) is 0 Å². The summed E-state index contributed by atoms with van der Waals surface area (Å²) in [5.41, 5.74) is 0.596. The molecule has 0 spiro atoms. The van der Waals surface area contributed by atoms with Crippen LogP contribution in [0.1, 0.15) is 131 Å². The van der Waals surface area contributed by atoms with Crippen molar-refractivity contribution >= 4 is 11.9 Å². The van der Waals surface area contributed by atoms with E-state index in [2.05, 4.69) is 20.8 Å². The minimum atomic E-state index is -0.439. The van der Waals surface area contributed by atoms with Crippen molar-refractivity contribution in [3.8, 4) is 0 Å². The summed E-state index contributed by atoms with van der Waals surface area (Å²) >= 11 is 0. The average Bonchev–Trinajstić information content (AvgIpc) is 2.77. The number of ether oxygens (including phenoxy) is 2. The standard InChI is InChI=1S/C27H44O4/c1-4-7-8-9-10-11-12-13-14-17-22-30-26(28)24-20-15-16-21-25(24)27(29)31-23(18-5-2)19-6-3/h15-16,20-21,23H,4-14,17-19,22H2,1-3H3. The van der Waals surface area contributed by atoms with Gasteiger partial charge in [-0.1, -0.05) is 104 Å². The molecule has 4 nitrogen and oxygen atoms in total. The molecule has 0 heterocycles. The predicted molar refractivity (Wildman–Crippen MR) is 128 cm³/mol. The summed E-state index contributed by atoms with van der Waals surface area (Å²) in [4.78, 5) is 25.2. The van der Waals surface area contributed by atoms with E-state index in [1.807, 2.05) is 0 Å². The third kappa shape index (κ3) is 11.9. The van der Waals surface area contributed by atoms with Gasteiger partial charge in [-0.25, -0.2) is 9.59 Å². The molecule has 0 aliphatic rings. The number of rotatable bonds is 18. The Balaban J connectivity index is 2.36. The van der Waals surface area contributed by atoms with Crippen LogP contribution in [-0.4, -0.2) is 24.6 Å². The van der Waals surface area contributed by atoms with Crippen LogP contribution in [-0.2, 0) is 9.47 Å². The van der Waals surface area contributed by atoms with Gasteiger partial charge in [0.2, 0.25) is 0 Å². The predicted octanol–water partition coefficient (Wildman–Crippen LogP) is 7.89. The summed E-state index contributed by atoms with van der Waals surface area (Å²) in [5, 5.41) is 0. The molecule has 0 amide bonds. The maximum absolute atomic E-state index is 12.7. The first-order valence-electron chi connectivity index (χ1n) is 12.6. The molecule has 0 saturated heterocycles. The second kappa shape index (κ2) is 17.8. The van der Waals surface area contributed by atoms with Gasteiger partial charge >= 0.3 is 11.9 Å². The highest BCUT2D eigenvalue weighted by Gasteiger charge is 2.21. The Hall–Kier alpha value is -1.84. The fourth-order valence-corrected chi connectivity index (χ4v) is 3.79. The quantitative estimate of drug-likeness (QED) is 0.175. The van der Waals surface area contributed by atoms with Crippen molar-refractivity contribution in [3.63, 3.8) is 0 Å². The number of esters is 2. The lowest BCUT2D eigenvalue weighted by molar-refractivity contribution is 0.0249. The van der Waals surface area contributed by atoms with Gasteiger partial charge in [-0.15, -0.1) is 0 Å². The highest BCUT2D eigenvalue weighted by Crippen LogP contribution is 2.17. The van der Waals surface area contributed by atoms with E-state index in [1.165, 1.54) is 51.4 Å². The normalized spacial score (nSPS) is 11.0. The molecule has 0 aromatic heterocycles. The van der Waals surface area contributed by atoms with Gasteiger partial charge in [0.1, 0.15) is 6.10 Å². The highest BCUT2D eigenvalue weighted by molar-refractivity contribution is 6.03. The van der Waals surface area contributed by atoms with Crippen LogP contribution in [0.25, 0.3) is 0 Å². The van der Waals surface area contributed by atoms with Gasteiger partial charge in [0.25, 0.3) is 0 Å². The summed E-state index contributed by atoms with van der Waals surface area (Å²) in [6, 6.07) is 6.80. The Bertz CT molecular complexity index is 605. The SMILES string of the molecule is CCCCCCCCCCCCOC(=O)c1ccccc1C(=O)OC(CCC)CCC. The first-order valence-corrected chi connectivity index (χ1v) is 12.6. The summed E-state index contributed by atoms with van der Waals surface area (Å²) < 4.78 is 11.1. The van der Waals surface area contributed by atoms with E-state index in [1.54, 1.807) is 24.3 Å². The Morgan fingerprint density at radius 1 is 0.677 bits per heavy atom. The first-order chi connectivity index (χ1) is 15.1. The molecule has 1 aromatic rings. The zero-order chi connectivity index (χ0) is 22.7. The van der Waals surface area contributed by atoms with E-state index in [0.717, 1.165) is 38.5 Å². The Kier molecular flexibility index (Phi) is 15.6. The van der Waals surface area contributed by atoms with E-state index < -0.39 is 11.9 Å². The smallest absolute Gasteiger partial charge is 0.339 e. The van der Waals surface area contributed by atoms with Gasteiger partial charge < -0.3 is 9.47 Å². The maximum Gasteiger partial charge on any atom is 0.339 e. The molecule has 0 fully saturated rings. The number of carbonyl (C=O) groups excluding carboxylic acids is 2. The molecule has 0 N–H and O–H groups in total. The van der Waals surface area contributed by atoms with Crippen molar-refractivity contribution in [1.29, 1.82) is 0 Å². The van der Waals surface area contributed by atoms with Crippen LogP contribution in [0.4, 0.5) is 0 Å². The zero-order valence-corrected chi connectivity index (χ0v) is 20.1. The third-order valence-corrected chi connectivity index (χ3v) is 5.59. The molecule has 0 bridgehead atoms. The van der Waals surface area contributed by atoms with E-state index in [0.29, 0.717) is 17.7 Å². The van der Waals surface area contributed by atoms with Crippen LogP contribution in [0.2, 0.25) is 0 Å². The topological polar surface area (TPSA) is 52.6 Å². The number of unbranched alkanes of at least 4 members (excludes halogenated alkanes) is 9. The minimum absolute atomic E-state index is 0.0989. The van der Waals surface area contributed by atoms with Crippen LogP contribution in [0.15, 0.2) is 24.3 Å². The monoisotopic (exact) mass is 432 g/mol. The zero-order valence-electron chi connectivity index (χ0n) is 20.1. The molecule has 0 saturated carbocycles. The lowest BCUT2D eigenvalue weighted by Crippen LogP contribution is -2.20. The van der Waals surface area contributed by atoms with Gasteiger partial charge in [-0.05, 0) is 31.4 Å². The van der Waals surface area contributed by atoms with Crippen molar-refractivity contribution < 1.29 is 19.1 Å². The van der Waals surface area contributed by atoms with E-state index in [4.69, 9.17) is 9.47 Å². The highest BCUT2D eigenvalue weighted by atomic mass is 16.5. The molecule has 1 rings (SSSR count). The molecule has 176 valence electrons.